The summed E-state index contributed by atoms with van der Waals surface area (Å²) in [7, 11) is 0. The summed E-state index contributed by atoms with van der Waals surface area (Å²) in [5, 5.41) is 3.64. The van der Waals surface area contributed by atoms with Crippen molar-refractivity contribution in [3.63, 3.8) is 0 Å². The zero-order valence-corrected chi connectivity index (χ0v) is 13.6. The number of nitrogens with one attached hydrogen (secondary N) is 1. The maximum Gasteiger partial charge on any atom is 0.233 e. The molecule has 2 atom stereocenters. The van der Waals surface area contributed by atoms with E-state index >= 15 is 0 Å². The molecule has 1 aromatic rings. The highest BCUT2D eigenvalue weighted by molar-refractivity contribution is 5.88. The number of fused-ring (bicyclic) bond motifs is 2. The smallest absolute Gasteiger partial charge is 0.233 e. The van der Waals surface area contributed by atoms with Gasteiger partial charge in [-0.3, -0.25) is 4.79 Å². The van der Waals surface area contributed by atoms with Crippen LogP contribution in [0.25, 0.3) is 0 Å². The Kier molecular flexibility index (Phi) is 3.88. The molecule has 3 nitrogen and oxygen atoms in total. The van der Waals surface area contributed by atoms with E-state index in [0.29, 0.717) is 12.1 Å². The topological polar surface area (TPSA) is 32.3 Å². The third kappa shape index (κ3) is 2.67. The number of rotatable bonds is 2. The summed E-state index contributed by atoms with van der Waals surface area (Å²) in [5.74, 6) is -0.00638. The third-order valence-corrected chi connectivity index (χ3v) is 6.05. The molecule has 1 aliphatic carbocycles. The lowest BCUT2D eigenvalue weighted by atomic mass is 9.77. The van der Waals surface area contributed by atoms with Gasteiger partial charge in [0.15, 0.2) is 0 Å². The maximum absolute atomic E-state index is 13.7. The lowest BCUT2D eigenvalue weighted by Gasteiger charge is -2.35. The minimum Gasteiger partial charge on any atom is -0.340 e. The fourth-order valence-corrected chi connectivity index (χ4v) is 4.82. The first-order valence-electron chi connectivity index (χ1n) is 8.99. The van der Waals surface area contributed by atoms with E-state index < -0.39 is 5.41 Å². The molecular formula is C19H25FN2O. The lowest BCUT2D eigenvalue weighted by Crippen LogP contribution is -2.48. The van der Waals surface area contributed by atoms with E-state index in [-0.39, 0.29) is 11.7 Å². The van der Waals surface area contributed by atoms with Crippen LogP contribution in [0.15, 0.2) is 24.3 Å². The molecule has 23 heavy (non-hydrogen) atoms. The zero-order chi connectivity index (χ0) is 15.9. The summed E-state index contributed by atoms with van der Waals surface area (Å²) in [5.41, 5.74) is 0.383. The molecule has 4 heteroatoms. The number of amides is 1. The minimum atomic E-state index is -0.494. The molecule has 2 heterocycles. The summed E-state index contributed by atoms with van der Waals surface area (Å²) in [6.45, 7) is 1.65. The van der Waals surface area contributed by atoms with Crippen molar-refractivity contribution in [2.24, 2.45) is 0 Å². The first-order valence-corrected chi connectivity index (χ1v) is 8.99. The number of carbonyl (C=O) groups is 1. The molecule has 124 valence electrons. The maximum atomic E-state index is 13.7. The van der Waals surface area contributed by atoms with Crippen molar-refractivity contribution >= 4 is 5.91 Å². The Morgan fingerprint density at radius 3 is 2.74 bits per heavy atom. The number of hydrogen-bond donors (Lipinski definition) is 1. The van der Waals surface area contributed by atoms with Crippen LogP contribution in [-0.2, 0) is 10.2 Å². The molecular weight excluding hydrogens is 291 g/mol. The van der Waals surface area contributed by atoms with E-state index in [1.165, 1.54) is 18.9 Å². The van der Waals surface area contributed by atoms with Gasteiger partial charge in [0.2, 0.25) is 5.91 Å². The molecule has 0 aromatic heterocycles. The van der Waals surface area contributed by atoms with Crippen molar-refractivity contribution in [2.75, 3.05) is 13.1 Å². The highest BCUT2D eigenvalue weighted by atomic mass is 19.1. The van der Waals surface area contributed by atoms with Crippen molar-refractivity contribution in [1.29, 1.82) is 0 Å². The van der Waals surface area contributed by atoms with Crippen LogP contribution in [-0.4, -0.2) is 36.0 Å². The van der Waals surface area contributed by atoms with Crippen molar-refractivity contribution < 1.29 is 9.18 Å². The van der Waals surface area contributed by atoms with E-state index in [1.54, 1.807) is 12.1 Å². The summed E-state index contributed by atoms with van der Waals surface area (Å²) in [4.78, 5) is 15.5. The van der Waals surface area contributed by atoms with E-state index in [2.05, 4.69) is 10.2 Å². The van der Waals surface area contributed by atoms with Gasteiger partial charge in [-0.05, 0) is 49.8 Å². The minimum absolute atomic E-state index is 0.231. The Hall–Kier alpha value is -1.42. The van der Waals surface area contributed by atoms with Gasteiger partial charge in [-0.2, -0.15) is 0 Å². The first kappa shape index (κ1) is 15.1. The Balaban J connectivity index is 1.63. The van der Waals surface area contributed by atoms with Gasteiger partial charge in [0.1, 0.15) is 5.82 Å². The summed E-state index contributed by atoms with van der Waals surface area (Å²) >= 11 is 0. The van der Waals surface area contributed by atoms with Crippen LogP contribution in [0, 0.1) is 5.82 Å². The third-order valence-electron chi connectivity index (χ3n) is 6.05. The van der Waals surface area contributed by atoms with Crippen LogP contribution in [0.5, 0.6) is 0 Å². The second-order valence-electron chi connectivity index (χ2n) is 7.48. The van der Waals surface area contributed by atoms with Gasteiger partial charge in [0, 0.05) is 25.2 Å². The van der Waals surface area contributed by atoms with E-state index in [0.717, 1.165) is 50.8 Å². The van der Waals surface area contributed by atoms with Crippen LogP contribution in [0.4, 0.5) is 4.39 Å². The van der Waals surface area contributed by atoms with Gasteiger partial charge in [0.05, 0.1) is 5.41 Å². The molecule has 1 amide bonds. The van der Waals surface area contributed by atoms with E-state index in [1.807, 2.05) is 6.07 Å². The largest absolute Gasteiger partial charge is 0.340 e. The van der Waals surface area contributed by atoms with Gasteiger partial charge < -0.3 is 10.2 Å². The van der Waals surface area contributed by atoms with Crippen molar-refractivity contribution in [3.8, 4) is 0 Å². The molecule has 4 rings (SSSR count). The van der Waals surface area contributed by atoms with E-state index in [9.17, 15) is 9.18 Å². The van der Waals surface area contributed by atoms with Crippen LogP contribution in [0.3, 0.4) is 0 Å². The Labute approximate surface area is 137 Å². The molecule has 0 spiro atoms. The molecule has 3 aliphatic rings. The molecule has 0 radical (unpaired) electrons. The SMILES string of the molecule is O=C(N1CCC2CCC(C1)N2)C1(c2cccc(F)c2)CCCC1. The second-order valence-corrected chi connectivity index (χ2v) is 7.48. The lowest BCUT2D eigenvalue weighted by molar-refractivity contribution is -0.137. The number of nitrogens with zero attached hydrogens (tertiary/aromatic N) is 1. The van der Waals surface area contributed by atoms with Crippen molar-refractivity contribution in [1.82, 2.24) is 10.2 Å². The molecule has 1 N–H and O–H groups in total. The number of hydrogen-bond acceptors (Lipinski definition) is 2. The molecule has 2 saturated heterocycles. The average Bonchev–Trinajstić information content (AvgIpc) is 3.14. The van der Waals surface area contributed by atoms with E-state index in [4.69, 9.17) is 0 Å². The summed E-state index contributed by atoms with van der Waals surface area (Å²) < 4.78 is 13.7. The van der Waals surface area contributed by atoms with Crippen molar-refractivity contribution in [3.05, 3.63) is 35.6 Å². The number of halogens is 1. The molecule has 3 fully saturated rings. The highest BCUT2D eigenvalue weighted by Crippen LogP contribution is 2.43. The summed E-state index contributed by atoms with van der Waals surface area (Å²) in [6, 6.07) is 7.74. The normalized spacial score (nSPS) is 29.5. The summed E-state index contributed by atoms with van der Waals surface area (Å²) in [6.07, 6.45) is 7.27. The predicted octanol–water partition coefficient (Wildman–Crippen LogP) is 2.99. The molecule has 2 unspecified atom stereocenters. The van der Waals surface area contributed by atoms with Crippen molar-refractivity contribution in [2.45, 2.75) is 62.4 Å². The fourth-order valence-electron chi connectivity index (χ4n) is 4.82. The zero-order valence-electron chi connectivity index (χ0n) is 13.6. The van der Waals surface area contributed by atoms with Crippen LogP contribution >= 0.6 is 0 Å². The Bertz CT molecular complexity index is 597. The average molecular weight is 316 g/mol. The standard InChI is InChI=1S/C19H25FN2O/c20-15-5-3-4-14(12-15)19(9-1-2-10-19)18(23)22-11-8-16-6-7-17(13-22)21-16/h3-5,12,16-17,21H,1-2,6-11,13H2. The highest BCUT2D eigenvalue weighted by Gasteiger charge is 2.46. The van der Waals surface area contributed by atoms with Gasteiger partial charge in [-0.1, -0.05) is 25.0 Å². The van der Waals surface area contributed by atoms with Crippen LogP contribution < -0.4 is 5.32 Å². The number of carbonyl (C=O) groups excluding carboxylic acids is 1. The molecule has 1 saturated carbocycles. The van der Waals surface area contributed by atoms with Gasteiger partial charge >= 0.3 is 0 Å². The Morgan fingerprint density at radius 1 is 1.17 bits per heavy atom. The predicted molar refractivity (Wildman–Crippen MR) is 87.7 cm³/mol. The fraction of sp³-hybridized carbons (Fsp3) is 0.632. The quantitative estimate of drug-likeness (QED) is 0.910. The number of benzene rings is 1. The number of likely N-dealkylation sites (tertiary alicyclic amines) is 1. The van der Waals surface area contributed by atoms with Gasteiger partial charge in [0.25, 0.3) is 0 Å². The van der Waals surface area contributed by atoms with Gasteiger partial charge in [-0.15, -0.1) is 0 Å². The first-order chi connectivity index (χ1) is 11.2. The van der Waals surface area contributed by atoms with Crippen LogP contribution in [0.2, 0.25) is 0 Å². The molecule has 1 aromatic carbocycles. The second kappa shape index (κ2) is 5.90. The Morgan fingerprint density at radius 2 is 1.96 bits per heavy atom. The molecule has 2 bridgehead atoms. The molecule has 2 aliphatic heterocycles. The monoisotopic (exact) mass is 316 g/mol. The van der Waals surface area contributed by atoms with Crippen LogP contribution in [0.1, 0.15) is 50.5 Å². The van der Waals surface area contributed by atoms with Gasteiger partial charge in [-0.25, -0.2) is 4.39 Å².